The fourth-order valence-corrected chi connectivity index (χ4v) is 1.78. The number of ether oxygens (including phenoxy) is 3. The van der Waals surface area contributed by atoms with Crippen molar-refractivity contribution in [3.63, 3.8) is 0 Å². The molecule has 0 aromatic heterocycles. The van der Waals surface area contributed by atoms with Crippen LogP contribution in [0.2, 0.25) is 0 Å². The molecule has 0 aliphatic carbocycles. The van der Waals surface area contributed by atoms with Crippen LogP contribution in [0.4, 0.5) is 0 Å². The van der Waals surface area contributed by atoms with Crippen molar-refractivity contribution in [3.8, 4) is 11.5 Å². The van der Waals surface area contributed by atoms with E-state index in [4.69, 9.17) is 14.2 Å². The van der Waals surface area contributed by atoms with Gasteiger partial charge in [0.2, 0.25) is 0 Å². The highest BCUT2D eigenvalue weighted by Crippen LogP contribution is 2.28. The third-order valence-electron chi connectivity index (χ3n) is 2.78. The molecule has 1 saturated heterocycles. The molecule has 1 fully saturated rings. The van der Waals surface area contributed by atoms with Gasteiger partial charge in [-0.2, -0.15) is 0 Å². The monoisotopic (exact) mass is 265 g/mol. The van der Waals surface area contributed by atoms with Gasteiger partial charge >= 0.3 is 0 Å². The van der Waals surface area contributed by atoms with E-state index in [9.17, 15) is 4.79 Å². The van der Waals surface area contributed by atoms with Gasteiger partial charge in [0.25, 0.3) is 5.91 Å². The second-order valence-corrected chi connectivity index (χ2v) is 4.24. The molecule has 0 saturated carbocycles. The summed E-state index contributed by atoms with van der Waals surface area (Å²) in [6.45, 7) is 6.07. The lowest BCUT2D eigenvalue weighted by Gasteiger charge is -2.26. The summed E-state index contributed by atoms with van der Waals surface area (Å²) < 4.78 is 16.0. The molecule has 5 heteroatoms. The van der Waals surface area contributed by atoms with Crippen molar-refractivity contribution in [2.75, 3.05) is 26.4 Å². The molecule has 1 aliphatic heterocycles. The van der Waals surface area contributed by atoms with Gasteiger partial charge in [-0.1, -0.05) is 0 Å². The molecule has 19 heavy (non-hydrogen) atoms. The van der Waals surface area contributed by atoms with Crippen LogP contribution in [0.3, 0.4) is 0 Å². The average molecular weight is 265 g/mol. The largest absolute Gasteiger partial charge is 0.490 e. The van der Waals surface area contributed by atoms with E-state index in [0.29, 0.717) is 43.5 Å². The van der Waals surface area contributed by atoms with Crippen LogP contribution in [-0.2, 0) is 4.74 Å². The fraction of sp³-hybridized carbons (Fsp3) is 0.500. The summed E-state index contributed by atoms with van der Waals surface area (Å²) in [6, 6.07) is 5.33. The van der Waals surface area contributed by atoms with E-state index >= 15 is 0 Å². The first-order valence-corrected chi connectivity index (χ1v) is 6.52. The number of benzene rings is 1. The number of rotatable bonds is 6. The molecule has 104 valence electrons. The Kier molecular flexibility index (Phi) is 4.63. The highest BCUT2D eigenvalue weighted by Gasteiger charge is 2.21. The maximum Gasteiger partial charge on any atom is 0.251 e. The minimum Gasteiger partial charge on any atom is -0.490 e. The van der Waals surface area contributed by atoms with Crippen LogP contribution >= 0.6 is 0 Å². The molecular weight excluding hydrogens is 246 g/mol. The van der Waals surface area contributed by atoms with Crippen molar-refractivity contribution in [2.24, 2.45) is 0 Å². The Labute approximate surface area is 112 Å². The molecule has 0 spiro atoms. The first kappa shape index (κ1) is 13.7. The number of nitrogens with one attached hydrogen (secondary N) is 1. The predicted molar refractivity (Wildman–Crippen MR) is 70.9 cm³/mol. The Morgan fingerprint density at radius 2 is 1.95 bits per heavy atom. The summed E-state index contributed by atoms with van der Waals surface area (Å²) >= 11 is 0. The Morgan fingerprint density at radius 1 is 1.26 bits per heavy atom. The lowest BCUT2D eigenvalue weighted by molar-refractivity contribution is -0.00346. The van der Waals surface area contributed by atoms with Gasteiger partial charge in [-0.3, -0.25) is 4.79 Å². The Hall–Kier alpha value is -1.75. The lowest BCUT2D eigenvalue weighted by Crippen LogP contribution is -2.48. The summed E-state index contributed by atoms with van der Waals surface area (Å²) in [7, 11) is 0. The van der Waals surface area contributed by atoms with Gasteiger partial charge < -0.3 is 19.5 Å². The highest BCUT2D eigenvalue weighted by atomic mass is 16.5. The van der Waals surface area contributed by atoms with Crippen LogP contribution < -0.4 is 14.8 Å². The van der Waals surface area contributed by atoms with E-state index in [1.165, 1.54) is 0 Å². The first-order chi connectivity index (χ1) is 9.24. The minimum atomic E-state index is -0.114. The molecule has 1 amide bonds. The van der Waals surface area contributed by atoms with Gasteiger partial charge in [-0.15, -0.1) is 0 Å². The molecule has 0 radical (unpaired) electrons. The van der Waals surface area contributed by atoms with Crippen LogP contribution in [0.5, 0.6) is 11.5 Å². The number of carbonyl (C=O) groups excluding carboxylic acids is 1. The quantitative estimate of drug-likeness (QED) is 0.849. The standard InChI is InChI=1S/C14H19NO4/c1-3-18-12-6-5-10(7-13(12)19-4-2)14(16)15-11-8-17-9-11/h5-7,11H,3-4,8-9H2,1-2H3,(H,15,16). The van der Waals surface area contributed by atoms with E-state index in [1.54, 1.807) is 18.2 Å². The fourth-order valence-electron chi connectivity index (χ4n) is 1.78. The summed E-state index contributed by atoms with van der Waals surface area (Å²) in [4.78, 5) is 12.0. The Morgan fingerprint density at radius 3 is 2.53 bits per heavy atom. The molecule has 1 aromatic rings. The van der Waals surface area contributed by atoms with Crippen LogP contribution in [0.1, 0.15) is 24.2 Å². The zero-order valence-electron chi connectivity index (χ0n) is 11.3. The summed E-state index contributed by atoms with van der Waals surface area (Å²) in [5, 5.41) is 2.89. The molecule has 5 nitrogen and oxygen atoms in total. The first-order valence-electron chi connectivity index (χ1n) is 6.52. The van der Waals surface area contributed by atoms with Crippen molar-refractivity contribution in [1.29, 1.82) is 0 Å². The zero-order chi connectivity index (χ0) is 13.7. The average Bonchev–Trinajstić information content (AvgIpc) is 2.36. The molecule has 0 unspecified atom stereocenters. The molecule has 0 atom stereocenters. The van der Waals surface area contributed by atoms with Gasteiger partial charge in [-0.25, -0.2) is 0 Å². The van der Waals surface area contributed by atoms with E-state index in [-0.39, 0.29) is 11.9 Å². The molecule has 0 bridgehead atoms. The predicted octanol–water partition coefficient (Wildman–Crippen LogP) is 1.61. The molecular formula is C14H19NO4. The maximum absolute atomic E-state index is 12.0. The maximum atomic E-state index is 12.0. The Bertz CT molecular complexity index is 443. The van der Waals surface area contributed by atoms with E-state index in [0.717, 1.165) is 0 Å². The SMILES string of the molecule is CCOc1ccc(C(=O)NC2COC2)cc1OCC. The van der Waals surface area contributed by atoms with Gasteiger partial charge in [-0.05, 0) is 32.0 Å². The third kappa shape index (κ3) is 3.38. The number of hydrogen-bond acceptors (Lipinski definition) is 4. The number of carbonyl (C=O) groups is 1. The van der Waals surface area contributed by atoms with E-state index in [1.807, 2.05) is 13.8 Å². The molecule has 2 rings (SSSR count). The van der Waals surface area contributed by atoms with E-state index < -0.39 is 0 Å². The van der Waals surface area contributed by atoms with Crippen molar-refractivity contribution in [2.45, 2.75) is 19.9 Å². The lowest BCUT2D eigenvalue weighted by atomic mass is 10.1. The number of hydrogen-bond donors (Lipinski definition) is 1. The number of amides is 1. The van der Waals surface area contributed by atoms with Crippen molar-refractivity contribution in [1.82, 2.24) is 5.32 Å². The normalized spacial score (nSPS) is 14.6. The van der Waals surface area contributed by atoms with Crippen LogP contribution in [-0.4, -0.2) is 38.4 Å². The Balaban J connectivity index is 2.11. The summed E-state index contributed by atoms with van der Waals surface area (Å²) in [5.74, 6) is 1.15. The van der Waals surface area contributed by atoms with Gasteiger partial charge in [0.05, 0.1) is 32.5 Å². The van der Waals surface area contributed by atoms with Gasteiger partial charge in [0.15, 0.2) is 11.5 Å². The molecule has 1 aromatic carbocycles. The summed E-state index contributed by atoms with van der Waals surface area (Å²) in [6.07, 6.45) is 0. The van der Waals surface area contributed by atoms with Crippen molar-refractivity contribution >= 4 is 5.91 Å². The van der Waals surface area contributed by atoms with Crippen LogP contribution in [0.15, 0.2) is 18.2 Å². The van der Waals surface area contributed by atoms with Crippen LogP contribution in [0, 0.1) is 0 Å². The van der Waals surface area contributed by atoms with Gasteiger partial charge in [0.1, 0.15) is 0 Å². The zero-order valence-corrected chi connectivity index (χ0v) is 11.3. The smallest absolute Gasteiger partial charge is 0.251 e. The second kappa shape index (κ2) is 6.43. The minimum absolute atomic E-state index is 0.114. The van der Waals surface area contributed by atoms with Crippen LogP contribution in [0.25, 0.3) is 0 Å². The molecule has 1 aliphatic rings. The summed E-state index contributed by atoms with van der Waals surface area (Å²) in [5.41, 5.74) is 0.568. The third-order valence-corrected chi connectivity index (χ3v) is 2.78. The topological polar surface area (TPSA) is 56.8 Å². The second-order valence-electron chi connectivity index (χ2n) is 4.24. The van der Waals surface area contributed by atoms with Crippen molar-refractivity contribution in [3.05, 3.63) is 23.8 Å². The van der Waals surface area contributed by atoms with E-state index in [2.05, 4.69) is 5.32 Å². The van der Waals surface area contributed by atoms with Gasteiger partial charge in [0, 0.05) is 5.56 Å². The highest BCUT2D eigenvalue weighted by molar-refractivity contribution is 5.95. The molecule has 1 heterocycles. The molecule has 1 N–H and O–H groups in total. The van der Waals surface area contributed by atoms with Crippen molar-refractivity contribution < 1.29 is 19.0 Å².